The maximum Gasteiger partial charge on any atom is 0.325 e. The Bertz CT molecular complexity index is 578. The molecule has 1 aliphatic rings. The molecule has 98 valence electrons. The molecule has 0 aliphatic carbocycles. The number of rotatable bonds is 3. The molecule has 3 amide bonds. The maximum atomic E-state index is 11.9. The number of hydrogen-bond acceptors (Lipinski definition) is 4. The van der Waals surface area contributed by atoms with E-state index in [4.69, 9.17) is 5.26 Å². The van der Waals surface area contributed by atoms with E-state index in [0.717, 1.165) is 0 Å². The van der Waals surface area contributed by atoms with Crippen LogP contribution in [-0.2, 0) is 11.3 Å². The first-order valence-corrected chi connectivity index (χ1v) is 6.00. The maximum absolute atomic E-state index is 11.9. The minimum Gasteiger partial charge on any atom is -0.306 e. The van der Waals surface area contributed by atoms with Gasteiger partial charge in [0.15, 0.2) is 0 Å². The quantitative estimate of drug-likeness (QED) is 0.825. The Labute approximate surface area is 111 Å². The van der Waals surface area contributed by atoms with E-state index in [-0.39, 0.29) is 18.1 Å². The minimum atomic E-state index is -0.875. The Kier molecular flexibility index (Phi) is 3.21. The predicted octanol–water partition coefficient (Wildman–Crippen LogP) is 1.17. The van der Waals surface area contributed by atoms with E-state index in [0.29, 0.717) is 12.0 Å². The number of nitrogens with one attached hydrogen (secondary N) is 1. The first-order valence-electron chi connectivity index (χ1n) is 6.00. The highest BCUT2D eigenvalue weighted by molar-refractivity contribution is 6.06. The van der Waals surface area contributed by atoms with Gasteiger partial charge in [-0.05, 0) is 19.4 Å². The Balaban J connectivity index is 2.35. The summed E-state index contributed by atoms with van der Waals surface area (Å²) in [5, 5.41) is 11.3. The Morgan fingerprint density at radius 2 is 2.26 bits per heavy atom. The number of imide groups is 1. The van der Waals surface area contributed by atoms with Gasteiger partial charge < -0.3 is 4.90 Å². The van der Waals surface area contributed by atoms with Crippen LogP contribution in [0, 0.1) is 11.3 Å². The van der Waals surface area contributed by atoms with Gasteiger partial charge in [-0.2, -0.15) is 5.26 Å². The van der Waals surface area contributed by atoms with Crippen molar-refractivity contribution in [2.24, 2.45) is 0 Å². The molecule has 0 spiro atoms. The summed E-state index contributed by atoms with van der Waals surface area (Å²) in [7, 11) is 0. The first kappa shape index (κ1) is 13.0. The third kappa shape index (κ3) is 2.03. The zero-order chi connectivity index (χ0) is 14.0. The number of carbonyl (C=O) groups excluding carboxylic acids is 2. The number of carbonyl (C=O) groups is 2. The van der Waals surface area contributed by atoms with E-state index < -0.39 is 11.6 Å². The van der Waals surface area contributed by atoms with Gasteiger partial charge >= 0.3 is 6.03 Å². The van der Waals surface area contributed by atoms with Crippen LogP contribution in [0.25, 0.3) is 0 Å². The van der Waals surface area contributed by atoms with E-state index in [1.807, 2.05) is 13.0 Å². The Morgan fingerprint density at radius 1 is 1.53 bits per heavy atom. The van der Waals surface area contributed by atoms with Gasteiger partial charge in [-0.3, -0.25) is 10.1 Å². The van der Waals surface area contributed by atoms with Crippen molar-refractivity contribution in [2.45, 2.75) is 32.4 Å². The van der Waals surface area contributed by atoms with Crippen LogP contribution in [0.1, 0.15) is 31.5 Å². The molecule has 0 saturated carbocycles. The molecule has 1 aliphatic heterocycles. The van der Waals surface area contributed by atoms with E-state index >= 15 is 0 Å². The van der Waals surface area contributed by atoms with Crippen molar-refractivity contribution < 1.29 is 9.59 Å². The molecule has 1 fully saturated rings. The standard InChI is InChI=1S/C13H14N4O2/c1-3-13(2)11(18)16-12(19)17(13)8-9-5-4-6-15-10(9)7-14/h4-6H,3,8H2,1-2H3,(H,16,18,19). The predicted molar refractivity (Wildman–Crippen MR) is 66.7 cm³/mol. The SMILES string of the molecule is CCC1(C)C(=O)NC(=O)N1Cc1cccnc1C#N. The average molecular weight is 258 g/mol. The highest BCUT2D eigenvalue weighted by Gasteiger charge is 2.47. The van der Waals surface area contributed by atoms with Crippen molar-refractivity contribution >= 4 is 11.9 Å². The van der Waals surface area contributed by atoms with E-state index in [9.17, 15) is 9.59 Å². The lowest BCUT2D eigenvalue weighted by Gasteiger charge is -2.30. The summed E-state index contributed by atoms with van der Waals surface area (Å²) in [5.74, 6) is -0.303. The van der Waals surface area contributed by atoms with Crippen molar-refractivity contribution in [3.8, 4) is 6.07 Å². The molecule has 6 nitrogen and oxygen atoms in total. The van der Waals surface area contributed by atoms with Gasteiger partial charge in [-0.25, -0.2) is 9.78 Å². The smallest absolute Gasteiger partial charge is 0.306 e. The Hall–Kier alpha value is -2.42. The van der Waals surface area contributed by atoms with Crippen LogP contribution in [0.3, 0.4) is 0 Å². The van der Waals surface area contributed by atoms with Crippen molar-refractivity contribution in [3.63, 3.8) is 0 Å². The van der Waals surface area contributed by atoms with Crippen LogP contribution in [0.4, 0.5) is 4.79 Å². The summed E-state index contributed by atoms with van der Waals surface area (Å²) in [6, 6.07) is 5.00. The lowest BCUT2D eigenvalue weighted by atomic mass is 9.96. The lowest BCUT2D eigenvalue weighted by Crippen LogP contribution is -2.46. The van der Waals surface area contributed by atoms with Gasteiger partial charge in [0.1, 0.15) is 17.3 Å². The largest absolute Gasteiger partial charge is 0.325 e. The molecule has 1 atom stereocenters. The molecule has 0 bridgehead atoms. The van der Waals surface area contributed by atoms with Gasteiger partial charge in [-0.1, -0.05) is 13.0 Å². The molecule has 6 heteroatoms. The van der Waals surface area contributed by atoms with Gasteiger partial charge in [0.2, 0.25) is 0 Å². The molecule has 0 aromatic carbocycles. The molecule has 19 heavy (non-hydrogen) atoms. The normalized spacial score (nSPS) is 22.3. The summed E-state index contributed by atoms with van der Waals surface area (Å²) >= 11 is 0. The van der Waals surface area contributed by atoms with Crippen molar-refractivity contribution in [1.29, 1.82) is 5.26 Å². The number of amides is 3. The highest BCUT2D eigenvalue weighted by atomic mass is 16.2. The molecule has 2 heterocycles. The number of nitrogens with zero attached hydrogens (tertiary/aromatic N) is 3. The average Bonchev–Trinajstić information content (AvgIpc) is 2.63. The van der Waals surface area contributed by atoms with Crippen molar-refractivity contribution in [1.82, 2.24) is 15.2 Å². The highest BCUT2D eigenvalue weighted by Crippen LogP contribution is 2.27. The number of nitriles is 1. The number of aromatic nitrogens is 1. The molecular weight excluding hydrogens is 244 g/mol. The first-order chi connectivity index (χ1) is 9.02. The molecular formula is C13H14N4O2. The number of pyridine rings is 1. The summed E-state index contributed by atoms with van der Waals surface area (Å²) in [5.41, 5.74) is 0.0299. The van der Waals surface area contributed by atoms with Gasteiger partial charge in [0.05, 0.1) is 6.54 Å². The van der Waals surface area contributed by atoms with Crippen molar-refractivity contribution in [3.05, 3.63) is 29.6 Å². The third-order valence-electron chi connectivity index (χ3n) is 3.56. The third-order valence-corrected chi connectivity index (χ3v) is 3.56. The van der Waals surface area contributed by atoms with Crippen LogP contribution in [0.5, 0.6) is 0 Å². The second-order valence-corrected chi connectivity index (χ2v) is 4.60. The number of urea groups is 1. The van der Waals surface area contributed by atoms with Crippen LogP contribution >= 0.6 is 0 Å². The molecule has 1 aromatic heterocycles. The molecule has 2 rings (SSSR count). The van der Waals surface area contributed by atoms with E-state index in [1.165, 1.54) is 11.1 Å². The molecule has 1 aromatic rings. The van der Waals surface area contributed by atoms with Crippen molar-refractivity contribution in [2.75, 3.05) is 0 Å². The van der Waals surface area contributed by atoms with Gasteiger partial charge in [-0.15, -0.1) is 0 Å². The summed E-state index contributed by atoms with van der Waals surface area (Å²) < 4.78 is 0. The molecule has 1 unspecified atom stereocenters. The topological polar surface area (TPSA) is 86.1 Å². The zero-order valence-electron chi connectivity index (χ0n) is 10.8. The van der Waals surface area contributed by atoms with E-state index in [1.54, 1.807) is 19.1 Å². The zero-order valence-corrected chi connectivity index (χ0v) is 10.8. The monoisotopic (exact) mass is 258 g/mol. The summed E-state index contributed by atoms with van der Waals surface area (Å²) in [6.45, 7) is 3.76. The second kappa shape index (κ2) is 4.69. The molecule has 1 N–H and O–H groups in total. The minimum absolute atomic E-state index is 0.193. The van der Waals surface area contributed by atoms with E-state index in [2.05, 4.69) is 10.3 Å². The van der Waals surface area contributed by atoms with Gasteiger partial charge in [0.25, 0.3) is 5.91 Å². The Morgan fingerprint density at radius 3 is 2.89 bits per heavy atom. The lowest BCUT2D eigenvalue weighted by molar-refractivity contribution is -0.126. The summed E-state index contributed by atoms with van der Waals surface area (Å²) in [4.78, 5) is 29.1. The van der Waals surface area contributed by atoms with Crippen LogP contribution in [-0.4, -0.2) is 27.4 Å². The molecule has 0 radical (unpaired) electrons. The summed E-state index contributed by atoms with van der Waals surface area (Å²) in [6.07, 6.45) is 2.03. The van der Waals surface area contributed by atoms with Crippen LogP contribution in [0.2, 0.25) is 0 Å². The van der Waals surface area contributed by atoms with Gasteiger partial charge in [0, 0.05) is 11.8 Å². The van der Waals surface area contributed by atoms with Crippen LogP contribution < -0.4 is 5.32 Å². The fraction of sp³-hybridized carbons (Fsp3) is 0.385. The fourth-order valence-electron chi connectivity index (χ4n) is 2.08. The second-order valence-electron chi connectivity index (χ2n) is 4.60. The van der Waals surface area contributed by atoms with Crippen LogP contribution in [0.15, 0.2) is 18.3 Å². The fourth-order valence-corrected chi connectivity index (χ4v) is 2.08. The molecule has 1 saturated heterocycles. The number of hydrogen-bond donors (Lipinski definition) is 1.